The summed E-state index contributed by atoms with van der Waals surface area (Å²) in [6.07, 6.45) is 10.7. The maximum absolute atomic E-state index is 5.91. The molecule has 1 aliphatic rings. The molecule has 0 heterocycles. The molecule has 1 aliphatic carbocycles. The third-order valence-corrected chi connectivity index (χ3v) is 4.56. The number of hydrogen-bond acceptors (Lipinski definition) is 2. The molecule has 2 heteroatoms. The lowest BCUT2D eigenvalue weighted by atomic mass is 9.99. The van der Waals surface area contributed by atoms with Crippen LogP contribution in [0.3, 0.4) is 0 Å². The molecule has 2 nitrogen and oxygen atoms in total. The third-order valence-electron chi connectivity index (χ3n) is 4.56. The molecule has 0 radical (unpaired) electrons. The molecule has 3 atom stereocenters. The number of unbranched alkanes of at least 4 members (excludes halogenated alkanes) is 1. The summed E-state index contributed by atoms with van der Waals surface area (Å²) >= 11 is 0. The minimum absolute atomic E-state index is 0.746. The summed E-state index contributed by atoms with van der Waals surface area (Å²) in [5, 5.41) is 3.45. The van der Waals surface area contributed by atoms with Gasteiger partial charge in [-0.1, -0.05) is 39.5 Å². The number of nitrogens with one attached hydrogen (secondary N) is 1. The van der Waals surface area contributed by atoms with Gasteiger partial charge in [-0.15, -0.1) is 0 Å². The third kappa shape index (κ3) is 5.71. The quantitative estimate of drug-likeness (QED) is 0.596. The lowest BCUT2D eigenvalue weighted by Crippen LogP contribution is -2.29. The molecule has 1 saturated carbocycles. The maximum atomic E-state index is 5.91. The fourth-order valence-electron chi connectivity index (χ4n) is 3.15. The summed E-state index contributed by atoms with van der Waals surface area (Å²) in [4.78, 5) is 0. The van der Waals surface area contributed by atoms with E-state index in [2.05, 4.69) is 26.2 Å². The molecule has 108 valence electrons. The number of rotatable bonds is 10. The van der Waals surface area contributed by atoms with Crippen LogP contribution in [0.2, 0.25) is 0 Å². The van der Waals surface area contributed by atoms with Gasteiger partial charge in [-0.25, -0.2) is 0 Å². The van der Waals surface area contributed by atoms with E-state index >= 15 is 0 Å². The Balaban J connectivity index is 2.06. The minimum atomic E-state index is 0.746. The highest BCUT2D eigenvalue weighted by Crippen LogP contribution is 2.28. The van der Waals surface area contributed by atoms with Crippen molar-refractivity contribution in [2.45, 2.75) is 71.3 Å². The smallest absolute Gasteiger partial charge is 0.0494 e. The van der Waals surface area contributed by atoms with Crippen LogP contribution in [0.1, 0.15) is 65.2 Å². The second-order valence-corrected chi connectivity index (χ2v) is 5.87. The lowest BCUT2D eigenvalue weighted by molar-refractivity contribution is 0.0818. The van der Waals surface area contributed by atoms with Crippen LogP contribution < -0.4 is 5.32 Å². The fourth-order valence-corrected chi connectivity index (χ4v) is 3.15. The van der Waals surface area contributed by atoms with Crippen LogP contribution in [-0.2, 0) is 4.74 Å². The predicted molar refractivity (Wildman–Crippen MR) is 78.9 cm³/mol. The largest absolute Gasteiger partial charge is 0.381 e. The Bertz CT molecular complexity index is 196. The standard InChI is InChI=1S/C16H33NO/c1-4-6-8-14(5-2)13-18-12-11-15-9-7-10-16(15)17-3/h14-17H,4-13H2,1-3H3. The second kappa shape index (κ2) is 9.80. The minimum Gasteiger partial charge on any atom is -0.381 e. The van der Waals surface area contributed by atoms with Crippen LogP contribution in [0, 0.1) is 11.8 Å². The van der Waals surface area contributed by atoms with E-state index < -0.39 is 0 Å². The number of hydrogen-bond donors (Lipinski definition) is 1. The molecular formula is C16H33NO. The first-order chi connectivity index (χ1) is 8.81. The second-order valence-electron chi connectivity index (χ2n) is 5.87. The molecule has 3 unspecified atom stereocenters. The molecule has 0 bridgehead atoms. The first kappa shape index (κ1) is 16.0. The number of ether oxygens (including phenoxy) is 1. The Morgan fingerprint density at radius 1 is 1.28 bits per heavy atom. The molecule has 0 aromatic heterocycles. The zero-order valence-electron chi connectivity index (χ0n) is 12.7. The van der Waals surface area contributed by atoms with E-state index in [-0.39, 0.29) is 0 Å². The average Bonchev–Trinajstić information content (AvgIpc) is 2.85. The molecule has 1 N–H and O–H groups in total. The van der Waals surface area contributed by atoms with Gasteiger partial charge in [-0.2, -0.15) is 0 Å². The van der Waals surface area contributed by atoms with Crippen molar-refractivity contribution in [2.24, 2.45) is 11.8 Å². The highest BCUT2D eigenvalue weighted by Gasteiger charge is 2.25. The summed E-state index contributed by atoms with van der Waals surface area (Å²) < 4.78 is 5.91. The van der Waals surface area contributed by atoms with Crippen molar-refractivity contribution >= 4 is 0 Å². The average molecular weight is 255 g/mol. The Kier molecular flexibility index (Phi) is 8.70. The Hall–Kier alpha value is -0.0800. The normalized spacial score (nSPS) is 25.5. The van der Waals surface area contributed by atoms with Gasteiger partial charge >= 0.3 is 0 Å². The summed E-state index contributed by atoms with van der Waals surface area (Å²) in [5.74, 6) is 1.64. The van der Waals surface area contributed by atoms with Crippen LogP contribution in [0.15, 0.2) is 0 Å². The van der Waals surface area contributed by atoms with Crippen LogP contribution in [0.4, 0.5) is 0 Å². The van der Waals surface area contributed by atoms with Crippen molar-refractivity contribution in [3.63, 3.8) is 0 Å². The van der Waals surface area contributed by atoms with Gasteiger partial charge in [0.25, 0.3) is 0 Å². The molecule has 0 aromatic carbocycles. The van der Waals surface area contributed by atoms with Gasteiger partial charge in [0.05, 0.1) is 0 Å². The summed E-state index contributed by atoms with van der Waals surface area (Å²) in [6.45, 7) is 6.50. The van der Waals surface area contributed by atoms with Gasteiger partial charge in [-0.3, -0.25) is 0 Å². The molecule has 0 spiro atoms. The molecule has 0 aromatic rings. The monoisotopic (exact) mass is 255 g/mol. The first-order valence-electron chi connectivity index (χ1n) is 8.06. The SMILES string of the molecule is CCCCC(CC)COCCC1CCCC1NC. The van der Waals surface area contributed by atoms with E-state index in [1.54, 1.807) is 0 Å². The highest BCUT2D eigenvalue weighted by atomic mass is 16.5. The summed E-state index contributed by atoms with van der Waals surface area (Å²) in [5.41, 5.74) is 0. The van der Waals surface area contributed by atoms with Gasteiger partial charge in [0.1, 0.15) is 0 Å². The molecule has 1 rings (SSSR count). The van der Waals surface area contributed by atoms with Crippen molar-refractivity contribution in [3.05, 3.63) is 0 Å². The van der Waals surface area contributed by atoms with Crippen LogP contribution >= 0.6 is 0 Å². The first-order valence-corrected chi connectivity index (χ1v) is 8.06. The molecule has 0 saturated heterocycles. The maximum Gasteiger partial charge on any atom is 0.0494 e. The van der Waals surface area contributed by atoms with E-state index in [0.717, 1.165) is 31.1 Å². The van der Waals surface area contributed by atoms with Gasteiger partial charge in [0.2, 0.25) is 0 Å². The van der Waals surface area contributed by atoms with E-state index in [1.807, 2.05) is 0 Å². The summed E-state index contributed by atoms with van der Waals surface area (Å²) in [6, 6.07) is 0.746. The zero-order chi connectivity index (χ0) is 13.2. The van der Waals surface area contributed by atoms with Crippen molar-refractivity contribution in [3.8, 4) is 0 Å². The van der Waals surface area contributed by atoms with E-state index in [1.165, 1.54) is 51.4 Å². The zero-order valence-corrected chi connectivity index (χ0v) is 12.7. The van der Waals surface area contributed by atoms with Crippen LogP contribution in [0.5, 0.6) is 0 Å². The van der Waals surface area contributed by atoms with Crippen LogP contribution in [0.25, 0.3) is 0 Å². The van der Waals surface area contributed by atoms with Gasteiger partial charge in [0.15, 0.2) is 0 Å². The van der Waals surface area contributed by atoms with Crippen molar-refractivity contribution < 1.29 is 4.74 Å². The molecule has 0 amide bonds. The fraction of sp³-hybridized carbons (Fsp3) is 1.00. The lowest BCUT2D eigenvalue weighted by Gasteiger charge is -2.20. The topological polar surface area (TPSA) is 21.3 Å². The van der Waals surface area contributed by atoms with Gasteiger partial charge in [-0.05, 0) is 44.6 Å². The van der Waals surface area contributed by atoms with Crippen molar-refractivity contribution in [2.75, 3.05) is 20.3 Å². The van der Waals surface area contributed by atoms with E-state index in [0.29, 0.717) is 0 Å². The van der Waals surface area contributed by atoms with E-state index in [4.69, 9.17) is 4.74 Å². The highest BCUT2D eigenvalue weighted by molar-refractivity contribution is 4.81. The molecule has 18 heavy (non-hydrogen) atoms. The van der Waals surface area contributed by atoms with Gasteiger partial charge in [0, 0.05) is 19.3 Å². The Labute approximate surface area is 114 Å². The van der Waals surface area contributed by atoms with Gasteiger partial charge < -0.3 is 10.1 Å². The Morgan fingerprint density at radius 3 is 2.78 bits per heavy atom. The van der Waals surface area contributed by atoms with Crippen LogP contribution in [-0.4, -0.2) is 26.3 Å². The van der Waals surface area contributed by atoms with E-state index in [9.17, 15) is 0 Å². The van der Waals surface area contributed by atoms with Crippen molar-refractivity contribution in [1.29, 1.82) is 0 Å². The Morgan fingerprint density at radius 2 is 2.11 bits per heavy atom. The molecule has 1 fully saturated rings. The predicted octanol–water partition coefficient (Wildman–Crippen LogP) is 4.00. The summed E-state index contributed by atoms with van der Waals surface area (Å²) in [7, 11) is 2.10. The molecular weight excluding hydrogens is 222 g/mol. The molecule has 0 aliphatic heterocycles. The van der Waals surface area contributed by atoms with Crippen molar-refractivity contribution in [1.82, 2.24) is 5.32 Å².